The molecule has 0 radical (unpaired) electrons. The molecule has 2 heterocycles. The van der Waals surface area contributed by atoms with E-state index in [1.807, 2.05) is 30.2 Å². The molecule has 90 valence electrons. The molecular weight excluding hydrogens is 212 g/mol. The van der Waals surface area contributed by atoms with Gasteiger partial charge in [-0.05, 0) is 25.3 Å². The van der Waals surface area contributed by atoms with Crippen LogP contribution in [0.5, 0.6) is 0 Å². The van der Waals surface area contributed by atoms with E-state index in [4.69, 9.17) is 0 Å². The molecule has 0 aliphatic heterocycles. The quantitative estimate of drug-likeness (QED) is 0.877. The van der Waals surface area contributed by atoms with E-state index in [9.17, 15) is 0 Å². The van der Waals surface area contributed by atoms with Gasteiger partial charge < -0.3 is 9.88 Å². The van der Waals surface area contributed by atoms with Crippen LogP contribution in [0.25, 0.3) is 11.0 Å². The van der Waals surface area contributed by atoms with E-state index in [1.165, 1.54) is 19.3 Å². The Kier molecular flexibility index (Phi) is 2.50. The lowest BCUT2D eigenvalue weighted by molar-refractivity contribution is 0.640. The van der Waals surface area contributed by atoms with Crippen molar-refractivity contribution in [1.29, 1.82) is 0 Å². The van der Waals surface area contributed by atoms with Crippen LogP contribution < -0.4 is 5.32 Å². The summed E-state index contributed by atoms with van der Waals surface area (Å²) < 4.78 is 2.02. The first-order chi connectivity index (χ1) is 8.24. The van der Waals surface area contributed by atoms with Gasteiger partial charge in [0.1, 0.15) is 5.52 Å². The monoisotopic (exact) mass is 230 g/mol. The molecule has 17 heavy (non-hydrogen) atoms. The van der Waals surface area contributed by atoms with Gasteiger partial charge in [0.15, 0.2) is 5.82 Å². The fourth-order valence-corrected chi connectivity index (χ4v) is 2.31. The highest BCUT2D eigenvalue weighted by Gasteiger charge is 2.23. The van der Waals surface area contributed by atoms with E-state index < -0.39 is 0 Å². The van der Waals surface area contributed by atoms with Crippen molar-refractivity contribution >= 4 is 16.9 Å². The van der Waals surface area contributed by atoms with Crippen molar-refractivity contribution in [3.05, 3.63) is 18.6 Å². The minimum Gasteiger partial charge on any atom is -0.366 e. The van der Waals surface area contributed by atoms with Crippen LogP contribution in [0.15, 0.2) is 18.6 Å². The SMILES string of the molecule is CC(CC1CC1)Nc1nccc2c1ncn2C. The lowest BCUT2D eigenvalue weighted by Crippen LogP contribution is -2.16. The van der Waals surface area contributed by atoms with Gasteiger partial charge in [0.05, 0.1) is 11.8 Å². The standard InChI is InChI=1S/C13H18N4/c1-9(7-10-3-4-10)16-13-12-11(5-6-14-13)17(2)8-15-12/h5-6,8-10H,3-4,7H2,1-2H3,(H,14,16). The van der Waals surface area contributed by atoms with Crippen molar-refractivity contribution in [2.24, 2.45) is 13.0 Å². The average molecular weight is 230 g/mol. The summed E-state index contributed by atoms with van der Waals surface area (Å²) in [6.07, 6.45) is 7.71. The number of aromatic nitrogens is 3. The van der Waals surface area contributed by atoms with Gasteiger partial charge in [0.2, 0.25) is 0 Å². The maximum Gasteiger partial charge on any atom is 0.154 e. The first kappa shape index (κ1) is 10.6. The number of pyridine rings is 1. The summed E-state index contributed by atoms with van der Waals surface area (Å²) in [7, 11) is 2.01. The average Bonchev–Trinajstić information content (AvgIpc) is 3.03. The highest BCUT2D eigenvalue weighted by molar-refractivity contribution is 5.85. The third kappa shape index (κ3) is 2.12. The molecule has 0 bridgehead atoms. The van der Waals surface area contributed by atoms with E-state index in [0.29, 0.717) is 6.04 Å². The second kappa shape index (κ2) is 4.02. The molecule has 1 saturated carbocycles. The molecule has 1 aliphatic carbocycles. The Morgan fingerprint density at radius 2 is 2.29 bits per heavy atom. The third-order valence-corrected chi connectivity index (χ3v) is 3.41. The molecule has 0 amide bonds. The maximum atomic E-state index is 4.40. The van der Waals surface area contributed by atoms with Crippen LogP contribution >= 0.6 is 0 Å². The summed E-state index contributed by atoms with van der Waals surface area (Å²) >= 11 is 0. The maximum absolute atomic E-state index is 4.40. The zero-order valence-electron chi connectivity index (χ0n) is 10.3. The summed E-state index contributed by atoms with van der Waals surface area (Å²) in [5.74, 6) is 1.84. The topological polar surface area (TPSA) is 42.7 Å². The first-order valence-corrected chi connectivity index (χ1v) is 6.26. The number of fused-ring (bicyclic) bond motifs is 1. The Labute approximate surface area is 101 Å². The van der Waals surface area contributed by atoms with Crippen LogP contribution in [0.2, 0.25) is 0 Å². The second-order valence-electron chi connectivity index (χ2n) is 5.11. The third-order valence-electron chi connectivity index (χ3n) is 3.41. The lowest BCUT2D eigenvalue weighted by Gasteiger charge is -2.14. The van der Waals surface area contributed by atoms with Crippen LogP contribution in [0.4, 0.5) is 5.82 Å². The predicted octanol–water partition coefficient (Wildman–Crippen LogP) is 2.57. The van der Waals surface area contributed by atoms with Gasteiger partial charge in [-0.1, -0.05) is 12.8 Å². The molecule has 3 rings (SSSR count). The van der Waals surface area contributed by atoms with Gasteiger partial charge in [0, 0.05) is 19.3 Å². The summed E-state index contributed by atoms with van der Waals surface area (Å²) in [4.78, 5) is 8.80. The molecule has 0 spiro atoms. The van der Waals surface area contributed by atoms with Crippen molar-refractivity contribution < 1.29 is 0 Å². The summed E-state index contributed by atoms with van der Waals surface area (Å²) in [6.45, 7) is 2.22. The highest BCUT2D eigenvalue weighted by atomic mass is 15.1. The number of aryl methyl sites for hydroxylation is 1. The van der Waals surface area contributed by atoms with Crippen LogP contribution in [-0.4, -0.2) is 20.6 Å². The van der Waals surface area contributed by atoms with Gasteiger partial charge in [-0.15, -0.1) is 0 Å². The largest absolute Gasteiger partial charge is 0.366 e. The van der Waals surface area contributed by atoms with E-state index >= 15 is 0 Å². The summed E-state index contributed by atoms with van der Waals surface area (Å²) in [5, 5.41) is 3.48. The van der Waals surface area contributed by atoms with Crippen LogP contribution in [0.3, 0.4) is 0 Å². The van der Waals surface area contributed by atoms with Crippen LogP contribution in [-0.2, 0) is 7.05 Å². The van der Waals surface area contributed by atoms with Gasteiger partial charge in [-0.25, -0.2) is 9.97 Å². The van der Waals surface area contributed by atoms with Crippen molar-refractivity contribution in [1.82, 2.24) is 14.5 Å². The molecule has 1 fully saturated rings. The van der Waals surface area contributed by atoms with E-state index in [-0.39, 0.29) is 0 Å². The van der Waals surface area contributed by atoms with Crippen molar-refractivity contribution in [3.8, 4) is 0 Å². The molecule has 4 heteroatoms. The van der Waals surface area contributed by atoms with Gasteiger partial charge >= 0.3 is 0 Å². The van der Waals surface area contributed by atoms with Gasteiger partial charge in [-0.2, -0.15) is 0 Å². The minimum atomic E-state index is 0.475. The zero-order chi connectivity index (χ0) is 11.8. The number of hydrogen-bond acceptors (Lipinski definition) is 3. The van der Waals surface area contributed by atoms with Gasteiger partial charge in [0.25, 0.3) is 0 Å². The molecule has 1 atom stereocenters. The number of hydrogen-bond donors (Lipinski definition) is 1. The van der Waals surface area contributed by atoms with Gasteiger partial charge in [-0.3, -0.25) is 0 Å². The normalized spacial score (nSPS) is 17.3. The molecule has 2 aromatic rings. The summed E-state index contributed by atoms with van der Waals surface area (Å²) in [5.41, 5.74) is 2.10. The van der Waals surface area contributed by atoms with Crippen molar-refractivity contribution in [3.63, 3.8) is 0 Å². The second-order valence-corrected chi connectivity index (χ2v) is 5.11. The molecule has 1 N–H and O–H groups in total. The smallest absolute Gasteiger partial charge is 0.154 e. The Bertz CT molecular complexity index is 527. The number of nitrogens with one attached hydrogen (secondary N) is 1. The van der Waals surface area contributed by atoms with E-state index in [1.54, 1.807) is 0 Å². The Hall–Kier alpha value is -1.58. The molecule has 2 aromatic heterocycles. The Morgan fingerprint density at radius 1 is 1.47 bits per heavy atom. The molecule has 1 aliphatic rings. The fraction of sp³-hybridized carbons (Fsp3) is 0.538. The lowest BCUT2D eigenvalue weighted by atomic mass is 10.1. The molecular formula is C13H18N4. The Balaban J connectivity index is 1.83. The van der Waals surface area contributed by atoms with E-state index in [2.05, 4.69) is 22.2 Å². The highest BCUT2D eigenvalue weighted by Crippen LogP contribution is 2.34. The Morgan fingerprint density at radius 3 is 3.06 bits per heavy atom. The summed E-state index contributed by atoms with van der Waals surface area (Å²) in [6, 6.07) is 2.47. The molecule has 4 nitrogen and oxygen atoms in total. The van der Waals surface area contributed by atoms with Crippen molar-refractivity contribution in [2.75, 3.05) is 5.32 Å². The molecule has 0 aromatic carbocycles. The van der Waals surface area contributed by atoms with Crippen molar-refractivity contribution in [2.45, 2.75) is 32.2 Å². The van der Waals surface area contributed by atoms with Crippen LogP contribution in [0, 0.1) is 5.92 Å². The van der Waals surface area contributed by atoms with E-state index in [0.717, 1.165) is 22.8 Å². The number of nitrogens with zero attached hydrogens (tertiary/aromatic N) is 3. The fourth-order valence-electron chi connectivity index (χ4n) is 2.31. The minimum absolute atomic E-state index is 0.475. The number of anilines is 1. The molecule has 1 unspecified atom stereocenters. The predicted molar refractivity (Wildman–Crippen MR) is 68.9 cm³/mol. The van der Waals surface area contributed by atoms with Crippen LogP contribution in [0.1, 0.15) is 26.2 Å². The number of rotatable bonds is 4. The number of imidazole rings is 1. The molecule has 0 saturated heterocycles. The zero-order valence-corrected chi connectivity index (χ0v) is 10.3. The first-order valence-electron chi connectivity index (χ1n) is 6.26.